The number of nitrogens with zero attached hydrogens (tertiary/aromatic N) is 1. The molecule has 0 amide bonds. The van der Waals surface area contributed by atoms with Crippen LogP contribution in [0.1, 0.15) is 16.7 Å². The van der Waals surface area contributed by atoms with E-state index in [2.05, 4.69) is 65.8 Å². The van der Waals surface area contributed by atoms with E-state index >= 15 is 0 Å². The van der Waals surface area contributed by atoms with E-state index in [4.69, 9.17) is 0 Å². The lowest BCUT2D eigenvalue weighted by Gasteiger charge is -2.07. The maximum atomic E-state index is 4.14. The molecule has 1 aromatic heterocycles. The summed E-state index contributed by atoms with van der Waals surface area (Å²) < 4.78 is 0. The molecule has 106 valence electrons. The maximum Gasteiger partial charge on any atom is 0.0346 e. The van der Waals surface area contributed by atoms with E-state index in [-0.39, 0.29) is 0 Å². The van der Waals surface area contributed by atoms with E-state index in [1.54, 1.807) is 0 Å². The Hall–Kier alpha value is -2.19. The van der Waals surface area contributed by atoms with Crippen molar-refractivity contribution < 1.29 is 0 Å². The molecule has 0 aliphatic heterocycles. The van der Waals surface area contributed by atoms with Crippen LogP contribution in [0.25, 0.3) is 10.8 Å². The molecule has 1 N–H and O–H groups in total. The molecular formula is C19H20N2. The van der Waals surface area contributed by atoms with Crippen LogP contribution in [0.15, 0.2) is 60.9 Å². The second-order valence-corrected chi connectivity index (χ2v) is 5.47. The lowest BCUT2D eigenvalue weighted by molar-refractivity contribution is 0.687. The molecule has 0 fully saturated rings. The number of benzene rings is 2. The van der Waals surface area contributed by atoms with Gasteiger partial charge >= 0.3 is 0 Å². The number of fused-ring (bicyclic) bond motifs is 1. The number of pyridine rings is 1. The molecule has 0 atom stereocenters. The molecule has 2 nitrogen and oxygen atoms in total. The van der Waals surface area contributed by atoms with Crippen molar-refractivity contribution in [2.45, 2.75) is 19.9 Å². The lowest BCUT2D eigenvalue weighted by Crippen LogP contribution is -2.16. The predicted molar refractivity (Wildman–Crippen MR) is 88.3 cm³/mol. The summed E-state index contributed by atoms with van der Waals surface area (Å²) in [7, 11) is 0. The summed E-state index contributed by atoms with van der Waals surface area (Å²) >= 11 is 0. The third-order valence-corrected chi connectivity index (χ3v) is 3.71. The van der Waals surface area contributed by atoms with Crippen LogP contribution >= 0.6 is 0 Å². The molecule has 0 unspecified atom stereocenters. The van der Waals surface area contributed by atoms with Gasteiger partial charge in [-0.05, 0) is 48.5 Å². The first-order valence-electron chi connectivity index (χ1n) is 7.40. The number of hydrogen-bond acceptors (Lipinski definition) is 2. The Labute approximate surface area is 125 Å². The number of aromatic nitrogens is 1. The third-order valence-electron chi connectivity index (χ3n) is 3.71. The molecule has 0 aliphatic carbocycles. The molecule has 21 heavy (non-hydrogen) atoms. The Bertz CT molecular complexity index is 734. The second kappa shape index (κ2) is 6.51. The number of hydrogen-bond donors (Lipinski definition) is 1. The molecular weight excluding hydrogens is 256 g/mol. The number of nitrogens with one attached hydrogen (secondary N) is 1. The monoisotopic (exact) mass is 276 g/mol. The first-order chi connectivity index (χ1) is 10.3. The van der Waals surface area contributed by atoms with Gasteiger partial charge < -0.3 is 5.32 Å². The van der Waals surface area contributed by atoms with Gasteiger partial charge in [-0.15, -0.1) is 0 Å². The number of rotatable bonds is 5. The Kier molecular flexibility index (Phi) is 4.27. The van der Waals surface area contributed by atoms with E-state index in [1.165, 1.54) is 27.5 Å². The van der Waals surface area contributed by atoms with Gasteiger partial charge in [0.15, 0.2) is 0 Å². The van der Waals surface area contributed by atoms with Crippen LogP contribution in [-0.2, 0) is 13.0 Å². The Morgan fingerprint density at radius 2 is 1.90 bits per heavy atom. The molecule has 1 heterocycles. The van der Waals surface area contributed by atoms with E-state index in [0.717, 1.165) is 19.5 Å². The molecule has 0 spiro atoms. The van der Waals surface area contributed by atoms with Crippen LogP contribution in [0.3, 0.4) is 0 Å². The van der Waals surface area contributed by atoms with Crippen LogP contribution in [0.2, 0.25) is 0 Å². The van der Waals surface area contributed by atoms with Crippen LogP contribution in [0.5, 0.6) is 0 Å². The molecule has 2 aromatic carbocycles. The average molecular weight is 276 g/mol. The average Bonchev–Trinajstić information content (AvgIpc) is 2.51. The fourth-order valence-electron chi connectivity index (χ4n) is 2.58. The topological polar surface area (TPSA) is 24.9 Å². The van der Waals surface area contributed by atoms with Crippen molar-refractivity contribution in [2.24, 2.45) is 0 Å². The number of aryl methyl sites for hydroxylation is 1. The van der Waals surface area contributed by atoms with Gasteiger partial charge in [-0.3, -0.25) is 4.98 Å². The largest absolute Gasteiger partial charge is 0.312 e. The summed E-state index contributed by atoms with van der Waals surface area (Å²) in [4.78, 5) is 4.14. The van der Waals surface area contributed by atoms with Crippen LogP contribution in [0, 0.1) is 6.92 Å². The Balaban J connectivity index is 1.54. The summed E-state index contributed by atoms with van der Waals surface area (Å²) in [5.74, 6) is 0. The van der Waals surface area contributed by atoms with Crippen LogP contribution in [0.4, 0.5) is 0 Å². The van der Waals surface area contributed by atoms with E-state index in [1.807, 2.05) is 12.4 Å². The minimum atomic E-state index is 0.907. The Morgan fingerprint density at radius 1 is 0.952 bits per heavy atom. The molecule has 0 aliphatic rings. The first kappa shape index (κ1) is 13.8. The van der Waals surface area contributed by atoms with Crippen molar-refractivity contribution in [1.82, 2.24) is 10.3 Å². The molecule has 0 radical (unpaired) electrons. The highest BCUT2D eigenvalue weighted by Gasteiger charge is 1.97. The van der Waals surface area contributed by atoms with Crippen molar-refractivity contribution in [3.05, 3.63) is 77.6 Å². The minimum absolute atomic E-state index is 0.907. The van der Waals surface area contributed by atoms with Crippen LogP contribution in [-0.4, -0.2) is 11.5 Å². The lowest BCUT2D eigenvalue weighted by atomic mass is 10.1. The van der Waals surface area contributed by atoms with Gasteiger partial charge in [0, 0.05) is 24.3 Å². The highest BCUT2D eigenvalue weighted by molar-refractivity contribution is 5.81. The van der Waals surface area contributed by atoms with E-state index in [0.29, 0.717) is 0 Å². The van der Waals surface area contributed by atoms with Crippen LogP contribution < -0.4 is 5.32 Å². The van der Waals surface area contributed by atoms with E-state index < -0.39 is 0 Å². The van der Waals surface area contributed by atoms with Gasteiger partial charge in [0.2, 0.25) is 0 Å². The van der Waals surface area contributed by atoms with Gasteiger partial charge in [0.1, 0.15) is 0 Å². The first-order valence-corrected chi connectivity index (χ1v) is 7.40. The fourth-order valence-corrected chi connectivity index (χ4v) is 2.58. The molecule has 2 heteroatoms. The quantitative estimate of drug-likeness (QED) is 0.715. The van der Waals surface area contributed by atoms with Crippen molar-refractivity contribution in [3.8, 4) is 0 Å². The van der Waals surface area contributed by atoms with Gasteiger partial charge in [0.25, 0.3) is 0 Å². The summed E-state index contributed by atoms with van der Waals surface area (Å²) in [6.07, 6.45) is 4.82. The fraction of sp³-hybridized carbons (Fsp3) is 0.211. The summed E-state index contributed by atoms with van der Waals surface area (Å²) in [5, 5.41) is 5.97. The molecule has 0 saturated heterocycles. The molecule has 3 aromatic rings. The second-order valence-electron chi connectivity index (χ2n) is 5.47. The maximum absolute atomic E-state index is 4.14. The molecule has 3 rings (SSSR count). The normalized spacial score (nSPS) is 10.9. The zero-order chi connectivity index (χ0) is 14.5. The highest BCUT2D eigenvalue weighted by Crippen LogP contribution is 2.14. The minimum Gasteiger partial charge on any atom is -0.312 e. The summed E-state index contributed by atoms with van der Waals surface area (Å²) in [6, 6.07) is 17.3. The van der Waals surface area contributed by atoms with Crippen molar-refractivity contribution >= 4 is 10.8 Å². The van der Waals surface area contributed by atoms with E-state index in [9.17, 15) is 0 Å². The Morgan fingerprint density at radius 3 is 2.81 bits per heavy atom. The third kappa shape index (κ3) is 3.67. The van der Waals surface area contributed by atoms with Gasteiger partial charge in [-0.2, -0.15) is 0 Å². The smallest absolute Gasteiger partial charge is 0.0346 e. The van der Waals surface area contributed by atoms with Crippen molar-refractivity contribution in [1.29, 1.82) is 0 Å². The van der Waals surface area contributed by atoms with Gasteiger partial charge in [0.05, 0.1) is 0 Å². The molecule has 0 bridgehead atoms. The zero-order valence-electron chi connectivity index (χ0n) is 12.3. The summed E-state index contributed by atoms with van der Waals surface area (Å²) in [5.41, 5.74) is 4.04. The predicted octanol–water partition coefficient (Wildman–Crippen LogP) is 3.88. The summed E-state index contributed by atoms with van der Waals surface area (Å²) in [6.45, 7) is 4.04. The highest BCUT2D eigenvalue weighted by atomic mass is 14.8. The van der Waals surface area contributed by atoms with Gasteiger partial charge in [-0.25, -0.2) is 0 Å². The SMILES string of the molecule is Cc1cccc(CCNCc2ccc3cnccc3c2)c1. The van der Waals surface area contributed by atoms with Crippen molar-refractivity contribution in [2.75, 3.05) is 6.54 Å². The zero-order valence-corrected chi connectivity index (χ0v) is 12.3. The van der Waals surface area contributed by atoms with Crippen molar-refractivity contribution in [3.63, 3.8) is 0 Å². The van der Waals surface area contributed by atoms with Gasteiger partial charge in [-0.1, -0.05) is 42.0 Å². The molecule has 0 saturated carbocycles. The standard InChI is InChI=1S/C19H20N2/c1-15-3-2-4-16(11-15)7-9-20-13-17-5-6-19-14-21-10-8-18(19)12-17/h2-6,8,10-12,14,20H,7,9,13H2,1H3.